The molecular weight excluding hydrogens is 214 g/mol. The SMILES string of the molecule is CCNC(c1cccs1)C1(CC)CCCC1. The minimum absolute atomic E-state index is 0.529. The highest BCUT2D eigenvalue weighted by Gasteiger charge is 2.40. The van der Waals surface area contributed by atoms with Crippen molar-refractivity contribution in [3.63, 3.8) is 0 Å². The summed E-state index contributed by atoms with van der Waals surface area (Å²) in [6, 6.07) is 5.07. The Morgan fingerprint density at radius 3 is 2.62 bits per heavy atom. The van der Waals surface area contributed by atoms with Gasteiger partial charge in [-0.15, -0.1) is 11.3 Å². The average Bonchev–Trinajstić information content (AvgIpc) is 2.98. The number of thiophene rings is 1. The van der Waals surface area contributed by atoms with Gasteiger partial charge in [0.05, 0.1) is 0 Å². The molecule has 0 bridgehead atoms. The van der Waals surface area contributed by atoms with Gasteiger partial charge in [0.25, 0.3) is 0 Å². The summed E-state index contributed by atoms with van der Waals surface area (Å²) in [6.45, 7) is 5.66. The van der Waals surface area contributed by atoms with Crippen LogP contribution in [-0.4, -0.2) is 6.54 Å². The minimum Gasteiger partial charge on any atom is -0.309 e. The normalized spacial score (nSPS) is 21.1. The maximum atomic E-state index is 3.73. The Bertz CT molecular complexity index is 299. The monoisotopic (exact) mass is 237 g/mol. The molecule has 1 aromatic heterocycles. The summed E-state index contributed by atoms with van der Waals surface area (Å²) < 4.78 is 0. The van der Waals surface area contributed by atoms with Crippen molar-refractivity contribution in [1.82, 2.24) is 5.32 Å². The summed E-state index contributed by atoms with van der Waals surface area (Å²) in [5.41, 5.74) is 0.529. The van der Waals surface area contributed by atoms with Gasteiger partial charge >= 0.3 is 0 Å². The Kier molecular flexibility index (Phi) is 4.04. The molecule has 16 heavy (non-hydrogen) atoms. The molecule has 1 aromatic rings. The van der Waals surface area contributed by atoms with Gasteiger partial charge < -0.3 is 5.32 Å². The van der Waals surface area contributed by atoms with E-state index in [4.69, 9.17) is 0 Å². The van der Waals surface area contributed by atoms with Crippen LogP contribution in [0.4, 0.5) is 0 Å². The molecule has 1 aliphatic rings. The van der Waals surface area contributed by atoms with Crippen LogP contribution >= 0.6 is 11.3 Å². The predicted molar refractivity (Wildman–Crippen MR) is 71.9 cm³/mol. The molecule has 0 radical (unpaired) electrons. The van der Waals surface area contributed by atoms with Gasteiger partial charge in [0, 0.05) is 10.9 Å². The number of nitrogens with one attached hydrogen (secondary N) is 1. The van der Waals surface area contributed by atoms with E-state index in [1.165, 1.54) is 37.0 Å². The highest BCUT2D eigenvalue weighted by Crippen LogP contribution is 2.50. The van der Waals surface area contributed by atoms with Gasteiger partial charge in [-0.05, 0) is 42.7 Å². The average molecular weight is 237 g/mol. The Labute approximate surface area is 103 Å². The summed E-state index contributed by atoms with van der Waals surface area (Å²) in [6.07, 6.45) is 6.95. The Morgan fingerprint density at radius 1 is 1.38 bits per heavy atom. The fourth-order valence-electron chi connectivity index (χ4n) is 3.20. The van der Waals surface area contributed by atoms with E-state index >= 15 is 0 Å². The largest absolute Gasteiger partial charge is 0.309 e. The molecule has 1 fully saturated rings. The second-order valence-electron chi connectivity index (χ2n) is 4.93. The molecule has 1 saturated carbocycles. The van der Waals surface area contributed by atoms with E-state index in [0.717, 1.165) is 6.54 Å². The lowest BCUT2D eigenvalue weighted by molar-refractivity contribution is 0.192. The van der Waals surface area contributed by atoms with Crippen molar-refractivity contribution in [3.8, 4) is 0 Å². The highest BCUT2D eigenvalue weighted by molar-refractivity contribution is 7.10. The summed E-state index contributed by atoms with van der Waals surface area (Å²) in [5.74, 6) is 0. The summed E-state index contributed by atoms with van der Waals surface area (Å²) >= 11 is 1.91. The van der Waals surface area contributed by atoms with E-state index in [0.29, 0.717) is 11.5 Å². The summed E-state index contributed by atoms with van der Waals surface area (Å²) in [5, 5.41) is 5.94. The molecular formula is C14H23NS. The second kappa shape index (κ2) is 5.33. The van der Waals surface area contributed by atoms with E-state index in [2.05, 4.69) is 36.7 Å². The molecule has 0 aliphatic heterocycles. The van der Waals surface area contributed by atoms with Gasteiger partial charge in [0.15, 0.2) is 0 Å². The van der Waals surface area contributed by atoms with Gasteiger partial charge in [-0.3, -0.25) is 0 Å². The molecule has 1 aliphatic carbocycles. The van der Waals surface area contributed by atoms with E-state index in [-0.39, 0.29) is 0 Å². The first kappa shape index (κ1) is 12.1. The van der Waals surface area contributed by atoms with Crippen molar-refractivity contribution in [2.24, 2.45) is 5.41 Å². The van der Waals surface area contributed by atoms with Gasteiger partial charge in [-0.1, -0.05) is 32.8 Å². The number of hydrogen-bond donors (Lipinski definition) is 1. The van der Waals surface area contributed by atoms with Gasteiger partial charge in [-0.25, -0.2) is 0 Å². The molecule has 2 rings (SSSR count). The first-order valence-corrected chi connectivity index (χ1v) is 7.47. The molecule has 0 spiro atoms. The Hall–Kier alpha value is -0.340. The van der Waals surface area contributed by atoms with Crippen LogP contribution in [0.3, 0.4) is 0 Å². The van der Waals surface area contributed by atoms with Crippen LogP contribution in [0.1, 0.15) is 56.9 Å². The standard InChI is InChI=1S/C14H23NS/c1-3-14(9-5-6-10-14)13(15-4-2)12-8-7-11-16-12/h7-8,11,13,15H,3-6,9-10H2,1-2H3. The fourth-order valence-corrected chi connectivity index (χ4v) is 4.14. The Balaban J connectivity index is 2.23. The topological polar surface area (TPSA) is 12.0 Å². The first-order chi connectivity index (χ1) is 7.82. The van der Waals surface area contributed by atoms with E-state index in [1.54, 1.807) is 0 Å². The zero-order valence-corrected chi connectivity index (χ0v) is 11.3. The first-order valence-electron chi connectivity index (χ1n) is 6.59. The van der Waals surface area contributed by atoms with Gasteiger partial charge in [0.2, 0.25) is 0 Å². The van der Waals surface area contributed by atoms with Crippen LogP contribution in [0.15, 0.2) is 17.5 Å². The van der Waals surface area contributed by atoms with Crippen molar-refractivity contribution in [2.75, 3.05) is 6.54 Å². The van der Waals surface area contributed by atoms with Crippen LogP contribution in [-0.2, 0) is 0 Å². The third-order valence-corrected chi connectivity index (χ3v) is 5.09. The molecule has 1 N–H and O–H groups in total. The molecule has 1 nitrogen and oxygen atoms in total. The molecule has 1 atom stereocenters. The van der Waals surface area contributed by atoms with Crippen molar-refractivity contribution in [3.05, 3.63) is 22.4 Å². The lowest BCUT2D eigenvalue weighted by Crippen LogP contribution is -2.35. The van der Waals surface area contributed by atoms with Crippen molar-refractivity contribution >= 4 is 11.3 Å². The Morgan fingerprint density at radius 2 is 2.12 bits per heavy atom. The smallest absolute Gasteiger partial charge is 0.0471 e. The predicted octanol–water partition coefficient (Wildman–Crippen LogP) is 4.37. The highest BCUT2D eigenvalue weighted by atomic mass is 32.1. The zero-order valence-electron chi connectivity index (χ0n) is 10.5. The summed E-state index contributed by atoms with van der Waals surface area (Å²) in [4.78, 5) is 1.53. The van der Waals surface area contributed by atoms with Crippen LogP contribution < -0.4 is 5.32 Å². The van der Waals surface area contributed by atoms with Crippen LogP contribution in [0.5, 0.6) is 0 Å². The van der Waals surface area contributed by atoms with E-state index in [9.17, 15) is 0 Å². The van der Waals surface area contributed by atoms with Crippen molar-refractivity contribution in [2.45, 2.75) is 52.0 Å². The van der Waals surface area contributed by atoms with E-state index < -0.39 is 0 Å². The second-order valence-corrected chi connectivity index (χ2v) is 5.91. The fraction of sp³-hybridized carbons (Fsp3) is 0.714. The molecule has 2 heteroatoms. The molecule has 1 heterocycles. The lowest BCUT2D eigenvalue weighted by atomic mass is 9.75. The zero-order chi connectivity index (χ0) is 11.4. The number of rotatable bonds is 5. The molecule has 0 saturated heterocycles. The van der Waals surface area contributed by atoms with Crippen molar-refractivity contribution in [1.29, 1.82) is 0 Å². The van der Waals surface area contributed by atoms with Gasteiger partial charge in [0.1, 0.15) is 0 Å². The maximum absolute atomic E-state index is 3.73. The molecule has 0 aromatic carbocycles. The quantitative estimate of drug-likeness (QED) is 0.802. The molecule has 90 valence electrons. The third kappa shape index (κ3) is 2.18. The maximum Gasteiger partial charge on any atom is 0.0471 e. The van der Waals surface area contributed by atoms with Gasteiger partial charge in [-0.2, -0.15) is 0 Å². The summed E-state index contributed by atoms with van der Waals surface area (Å²) in [7, 11) is 0. The van der Waals surface area contributed by atoms with Crippen LogP contribution in [0.2, 0.25) is 0 Å². The molecule has 0 amide bonds. The third-order valence-electron chi connectivity index (χ3n) is 4.15. The number of hydrogen-bond acceptors (Lipinski definition) is 2. The van der Waals surface area contributed by atoms with E-state index in [1.807, 2.05) is 11.3 Å². The lowest BCUT2D eigenvalue weighted by Gasteiger charge is -2.37. The van der Waals surface area contributed by atoms with Crippen LogP contribution in [0.25, 0.3) is 0 Å². The molecule has 1 unspecified atom stereocenters. The minimum atomic E-state index is 0.529. The van der Waals surface area contributed by atoms with Crippen molar-refractivity contribution < 1.29 is 0 Å². The van der Waals surface area contributed by atoms with Crippen LogP contribution in [0, 0.1) is 5.41 Å².